The average Bonchev–Trinajstić information content (AvgIpc) is 2.68. The van der Waals surface area contributed by atoms with Crippen LogP contribution in [0.1, 0.15) is 17.2 Å². The van der Waals surface area contributed by atoms with Crippen LogP contribution in [0.25, 0.3) is 0 Å². The highest BCUT2D eigenvalue weighted by molar-refractivity contribution is 7.89. The summed E-state index contributed by atoms with van der Waals surface area (Å²) in [6, 6.07) is 21.9. The average molecular weight is 384 g/mol. The van der Waals surface area contributed by atoms with Crippen molar-refractivity contribution in [2.45, 2.75) is 17.9 Å². The van der Waals surface area contributed by atoms with Crippen LogP contribution in [0.3, 0.4) is 0 Å². The first kappa shape index (κ1) is 19.1. The molecule has 0 saturated carbocycles. The van der Waals surface area contributed by atoms with Crippen LogP contribution in [0.5, 0.6) is 0 Å². The highest BCUT2D eigenvalue weighted by Gasteiger charge is 2.18. The molecule has 0 heterocycles. The van der Waals surface area contributed by atoms with Gasteiger partial charge in [-0.2, -0.15) is 0 Å². The van der Waals surface area contributed by atoms with Gasteiger partial charge >= 0.3 is 0 Å². The molecule has 140 valence electrons. The number of hydrogen-bond acceptors (Lipinski definition) is 3. The third kappa shape index (κ3) is 5.15. The Morgan fingerprint density at radius 2 is 1.52 bits per heavy atom. The Hall–Kier alpha value is -2.70. The number of benzene rings is 3. The molecule has 3 aromatic rings. The summed E-state index contributed by atoms with van der Waals surface area (Å²) >= 11 is 0. The van der Waals surface area contributed by atoms with Gasteiger partial charge in [0.15, 0.2) is 0 Å². The lowest BCUT2D eigenvalue weighted by molar-refractivity contribution is 0.576. The second-order valence-electron chi connectivity index (χ2n) is 6.28. The van der Waals surface area contributed by atoms with E-state index < -0.39 is 10.0 Å². The van der Waals surface area contributed by atoms with Crippen molar-refractivity contribution in [1.29, 1.82) is 0 Å². The summed E-state index contributed by atoms with van der Waals surface area (Å²) < 4.78 is 41.0. The molecule has 0 aliphatic heterocycles. The van der Waals surface area contributed by atoms with E-state index in [1.807, 2.05) is 37.3 Å². The third-order valence-corrected chi connectivity index (χ3v) is 5.64. The minimum atomic E-state index is -3.63. The van der Waals surface area contributed by atoms with Gasteiger partial charge in [-0.1, -0.05) is 48.0 Å². The van der Waals surface area contributed by atoms with Gasteiger partial charge in [-0.15, -0.1) is 0 Å². The molecule has 3 aromatic carbocycles. The maximum absolute atomic E-state index is 13.1. The molecule has 0 aromatic heterocycles. The van der Waals surface area contributed by atoms with Crippen molar-refractivity contribution in [1.82, 2.24) is 4.72 Å². The highest BCUT2D eigenvalue weighted by Crippen LogP contribution is 2.20. The van der Waals surface area contributed by atoms with E-state index in [9.17, 15) is 12.8 Å². The van der Waals surface area contributed by atoms with Gasteiger partial charge in [-0.3, -0.25) is 0 Å². The molecule has 0 amide bonds. The first-order chi connectivity index (χ1) is 12.9. The number of aryl methyl sites for hydroxylation is 1. The third-order valence-electron chi connectivity index (χ3n) is 4.20. The Morgan fingerprint density at radius 3 is 2.15 bits per heavy atom. The van der Waals surface area contributed by atoms with Gasteiger partial charge in [0.2, 0.25) is 10.0 Å². The van der Waals surface area contributed by atoms with Crippen LogP contribution in [0.15, 0.2) is 83.8 Å². The summed E-state index contributed by atoms with van der Waals surface area (Å²) in [5.74, 6) is -0.322. The predicted octanol–water partition coefficient (Wildman–Crippen LogP) is 4.27. The quantitative estimate of drug-likeness (QED) is 0.640. The maximum atomic E-state index is 13.1. The first-order valence-electron chi connectivity index (χ1n) is 8.57. The first-order valence-corrected chi connectivity index (χ1v) is 10.1. The molecule has 2 N–H and O–H groups in total. The van der Waals surface area contributed by atoms with Crippen molar-refractivity contribution < 1.29 is 12.8 Å². The Balaban J connectivity index is 1.79. The van der Waals surface area contributed by atoms with Crippen molar-refractivity contribution in [3.05, 3.63) is 95.8 Å². The van der Waals surface area contributed by atoms with Crippen LogP contribution in [-0.2, 0) is 10.0 Å². The molecule has 4 nitrogen and oxygen atoms in total. The van der Waals surface area contributed by atoms with E-state index in [4.69, 9.17) is 0 Å². The van der Waals surface area contributed by atoms with E-state index in [0.717, 1.165) is 11.1 Å². The van der Waals surface area contributed by atoms with Gasteiger partial charge in [0.05, 0.1) is 10.9 Å². The van der Waals surface area contributed by atoms with Crippen LogP contribution < -0.4 is 10.0 Å². The molecule has 27 heavy (non-hydrogen) atoms. The van der Waals surface area contributed by atoms with E-state index >= 15 is 0 Å². The molecule has 0 aliphatic carbocycles. The molecule has 0 saturated heterocycles. The molecule has 0 spiro atoms. The number of rotatable bonds is 7. The van der Waals surface area contributed by atoms with Gasteiger partial charge in [0.1, 0.15) is 5.82 Å². The minimum Gasteiger partial charge on any atom is -0.377 e. The summed E-state index contributed by atoms with van der Waals surface area (Å²) in [5.41, 5.74) is 2.63. The van der Waals surface area contributed by atoms with E-state index in [1.165, 1.54) is 12.1 Å². The second kappa shape index (κ2) is 8.33. The van der Waals surface area contributed by atoms with Crippen LogP contribution in [0.2, 0.25) is 0 Å². The maximum Gasteiger partial charge on any atom is 0.240 e. The van der Waals surface area contributed by atoms with Gasteiger partial charge in [0.25, 0.3) is 0 Å². The molecule has 0 radical (unpaired) electrons. The van der Waals surface area contributed by atoms with Gasteiger partial charge in [-0.05, 0) is 48.9 Å². The normalized spacial score (nSPS) is 12.5. The fourth-order valence-corrected chi connectivity index (χ4v) is 3.73. The Labute approximate surface area is 159 Å². The van der Waals surface area contributed by atoms with E-state index in [2.05, 4.69) is 10.0 Å². The number of halogens is 1. The second-order valence-corrected chi connectivity index (χ2v) is 8.05. The molecule has 0 aliphatic rings. The zero-order chi connectivity index (χ0) is 19.3. The Kier molecular flexibility index (Phi) is 5.88. The van der Waals surface area contributed by atoms with E-state index in [1.54, 1.807) is 36.4 Å². The number of anilines is 1. The molecule has 0 bridgehead atoms. The molecule has 1 unspecified atom stereocenters. The van der Waals surface area contributed by atoms with Gasteiger partial charge in [-0.25, -0.2) is 17.5 Å². The van der Waals surface area contributed by atoms with Crippen LogP contribution in [-0.4, -0.2) is 15.0 Å². The van der Waals surface area contributed by atoms with Crippen molar-refractivity contribution in [3.63, 3.8) is 0 Å². The fourth-order valence-electron chi connectivity index (χ4n) is 2.68. The highest BCUT2D eigenvalue weighted by atomic mass is 32.2. The SMILES string of the molecule is Cc1ccc(S(=O)(=O)NCC(Nc2ccc(F)cc2)c2ccccc2)cc1. The molecular formula is C21H21FN2O2S. The smallest absolute Gasteiger partial charge is 0.240 e. The van der Waals surface area contributed by atoms with Gasteiger partial charge in [0, 0.05) is 12.2 Å². The zero-order valence-electron chi connectivity index (χ0n) is 14.9. The van der Waals surface area contributed by atoms with Crippen molar-refractivity contribution >= 4 is 15.7 Å². The number of nitrogens with one attached hydrogen (secondary N) is 2. The molecule has 6 heteroatoms. The lowest BCUT2D eigenvalue weighted by Crippen LogP contribution is -2.31. The summed E-state index contributed by atoms with van der Waals surface area (Å²) in [5, 5.41) is 3.26. The Bertz CT molecular complexity index is 973. The lowest BCUT2D eigenvalue weighted by Gasteiger charge is -2.21. The fraction of sp³-hybridized carbons (Fsp3) is 0.143. The summed E-state index contributed by atoms with van der Waals surface area (Å²) in [4.78, 5) is 0.224. The standard InChI is InChI=1S/C21H21FN2O2S/c1-16-7-13-20(14-8-16)27(25,26)23-15-21(17-5-3-2-4-6-17)24-19-11-9-18(22)10-12-19/h2-14,21,23-24H,15H2,1H3. The van der Waals surface area contributed by atoms with E-state index in [0.29, 0.717) is 5.69 Å². The minimum absolute atomic E-state index is 0.150. The summed E-state index contributed by atoms with van der Waals surface area (Å²) in [6.07, 6.45) is 0. The topological polar surface area (TPSA) is 58.2 Å². The van der Waals surface area contributed by atoms with E-state index in [-0.39, 0.29) is 23.3 Å². The molecular weight excluding hydrogens is 363 g/mol. The van der Waals surface area contributed by atoms with Crippen molar-refractivity contribution in [3.8, 4) is 0 Å². The predicted molar refractivity (Wildman–Crippen MR) is 106 cm³/mol. The summed E-state index contributed by atoms with van der Waals surface area (Å²) in [7, 11) is -3.63. The van der Waals surface area contributed by atoms with Crippen LogP contribution in [0, 0.1) is 12.7 Å². The van der Waals surface area contributed by atoms with Crippen LogP contribution >= 0.6 is 0 Å². The van der Waals surface area contributed by atoms with Crippen LogP contribution in [0.4, 0.5) is 10.1 Å². The molecule has 3 rings (SSSR count). The monoisotopic (exact) mass is 384 g/mol. The number of sulfonamides is 1. The van der Waals surface area contributed by atoms with Crippen molar-refractivity contribution in [2.75, 3.05) is 11.9 Å². The van der Waals surface area contributed by atoms with Crippen molar-refractivity contribution in [2.24, 2.45) is 0 Å². The summed E-state index contributed by atoms with van der Waals surface area (Å²) in [6.45, 7) is 2.06. The molecule has 1 atom stereocenters. The zero-order valence-corrected chi connectivity index (χ0v) is 15.7. The number of hydrogen-bond donors (Lipinski definition) is 2. The molecule has 0 fully saturated rings. The Morgan fingerprint density at radius 1 is 0.889 bits per heavy atom. The largest absolute Gasteiger partial charge is 0.377 e. The van der Waals surface area contributed by atoms with Gasteiger partial charge < -0.3 is 5.32 Å². The lowest BCUT2D eigenvalue weighted by atomic mass is 10.1.